The summed E-state index contributed by atoms with van der Waals surface area (Å²) < 4.78 is 0. The second-order valence-corrected chi connectivity index (χ2v) is 5.21. The maximum Gasteiger partial charge on any atom is 0.321 e. The van der Waals surface area contributed by atoms with E-state index in [0.717, 1.165) is 0 Å². The number of aromatic nitrogens is 1. The van der Waals surface area contributed by atoms with Crippen LogP contribution in [0.5, 0.6) is 0 Å². The van der Waals surface area contributed by atoms with Crippen molar-refractivity contribution in [3.8, 4) is 0 Å². The molecule has 1 heterocycles. The number of benzene rings is 1. The van der Waals surface area contributed by atoms with E-state index in [2.05, 4.69) is 23.2 Å². The minimum Gasteiger partial charge on any atom is -0.480 e. The summed E-state index contributed by atoms with van der Waals surface area (Å²) in [6, 6.07) is 9.17. The molecule has 114 valence electrons. The molecule has 0 aliphatic heterocycles. The van der Waals surface area contributed by atoms with Crippen molar-refractivity contribution in [1.29, 1.82) is 0 Å². The number of para-hydroxylation sites is 1. The topological polar surface area (TPSA) is 96.2 Å². The Morgan fingerprint density at radius 1 is 1.33 bits per heavy atom. The van der Waals surface area contributed by atoms with E-state index in [1.165, 1.54) is 17.8 Å². The van der Waals surface area contributed by atoms with Crippen LogP contribution < -0.4 is 5.73 Å². The molecule has 0 radical (unpaired) electrons. The average Bonchev–Trinajstić information content (AvgIpc) is 2.94. The molecule has 0 amide bonds. The van der Waals surface area contributed by atoms with Crippen molar-refractivity contribution in [2.75, 3.05) is 0 Å². The Hall–Kier alpha value is -2.14. The first kappa shape index (κ1) is 16.9. The van der Waals surface area contributed by atoms with E-state index in [9.17, 15) is 9.59 Å². The highest BCUT2D eigenvalue weighted by Gasteiger charge is 2.39. The number of fused-ring (bicyclic) bond motifs is 1. The molecule has 2 rings (SSSR count). The van der Waals surface area contributed by atoms with E-state index in [1.54, 1.807) is 13.8 Å². The summed E-state index contributed by atoms with van der Waals surface area (Å²) in [5.74, 6) is -1.31. The van der Waals surface area contributed by atoms with Crippen molar-refractivity contribution in [3.63, 3.8) is 0 Å². The van der Waals surface area contributed by atoms with Crippen molar-refractivity contribution in [1.82, 2.24) is 4.98 Å². The molecule has 0 aliphatic rings. The zero-order valence-electron chi connectivity index (χ0n) is 12.6. The number of carboxylic acids is 1. The smallest absolute Gasteiger partial charge is 0.321 e. The van der Waals surface area contributed by atoms with Gasteiger partial charge in [0.2, 0.25) is 0 Å². The van der Waals surface area contributed by atoms with Crippen LogP contribution in [0.3, 0.4) is 0 Å². The van der Waals surface area contributed by atoms with Crippen LogP contribution >= 0.6 is 0 Å². The lowest BCUT2D eigenvalue weighted by Crippen LogP contribution is -2.49. The highest BCUT2D eigenvalue weighted by atomic mass is 16.4. The number of H-pyrrole nitrogens is 1. The summed E-state index contributed by atoms with van der Waals surface area (Å²) in [6.07, 6.45) is 2.39. The predicted molar refractivity (Wildman–Crippen MR) is 83.0 cm³/mol. The number of Topliss-reactive ketones (excluding diaryl/α,β-unsaturated/α-hetero) is 1. The number of rotatable bonds is 4. The second-order valence-electron chi connectivity index (χ2n) is 5.21. The fourth-order valence-electron chi connectivity index (χ4n) is 1.96. The van der Waals surface area contributed by atoms with Gasteiger partial charge in [0.25, 0.3) is 0 Å². The number of ketones is 1. The molecule has 2 aromatic rings. The molecule has 0 fully saturated rings. The molecule has 2 atom stereocenters. The minimum atomic E-state index is -1.13. The van der Waals surface area contributed by atoms with E-state index < -0.39 is 17.4 Å². The number of nitrogens with two attached hydrogens (primary N) is 1. The van der Waals surface area contributed by atoms with E-state index >= 15 is 0 Å². The van der Waals surface area contributed by atoms with Crippen LogP contribution in [0.1, 0.15) is 27.2 Å². The van der Waals surface area contributed by atoms with Gasteiger partial charge in [0.05, 0.1) is 5.41 Å². The van der Waals surface area contributed by atoms with Gasteiger partial charge in [-0.2, -0.15) is 0 Å². The van der Waals surface area contributed by atoms with E-state index in [0.29, 0.717) is 6.42 Å². The molecule has 1 aromatic heterocycles. The lowest BCUT2D eigenvalue weighted by molar-refractivity contribution is -0.146. The van der Waals surface area contributed by atoms with Crippen molar-refractivity contribution in [3.05, 3.63) is 36.5 Å². The van der Waals surface area contributed by atoms with Gasteiger partial charge in [0.1, 0.15) is 11.8 Å². The average molecular weight is 290 g/mol. The van der Waals surface area contributed by atoms with Crippen LogP contribution in [0.25, 0.3) is 10.9 Å². The normalized spacial score (nSPS) is 14.7. The van der Waals surface area contributed by atoms with Crippen LogP contribution in [0.4, 0.5) is 0 Å². The summed E-state index contributed by atoms with van der Waals surface area (Å²) in [7, 11) is 0. The summed E-state index contributed by atoms with van der Waals surface area (Å²) in [5, 5.41) is 9.90. The molecule has 0 unspecified atom stereocenters. The molecule has 0 spiro atoms. The van der Waals surface area contributed by atoms with Crippen molar-refractivity contribution < 1.29 is 14.7 Å². The van der Waals surface area contributed by atoms with E-state index in [1.807, 2.05) is 18.3 Å². The lowest BCUT2D eigenvalue weighted by atomic mass is 9.77. The van der Waals surface area contributed by atoms with Crippen LogP contribution in [-0.4, -0.2) is 27.9 Å². The summed E-state index contributed by atoms with van der Waals surface area (Å²) >= 11 is 0. The standard InChI is InChI=1S/C8H15NO3.C8H7N/c1-4-8(3,5(2)10)6(9)7(11)12;1-2-4-8-7(3-1)5-6-9-8/h6H,4,9H2,1-3H3,(H,11,12);1-6,9H/t6-,8+;/m1./s1. The number of carboxylic acid groups (broad SMARTS) is 1. The number of hydrogen-bond acceptors (Lipinski definition) is 3. The molecule has 0 saturated heterocycles. The zero-order chi connectivity index (χ0) is 16.0. The third-order valence-corrected chi connectivity index (χ3v) is 3.95. The Balaban J connectivity index is 0.000000216. The second kappa shape index (κ2) is 7.04. The molecule has 5 heteroatoms. The molecule has 0 aliphatic carbocycles. The molecule has 0 saturated carbocycles. The van der Waals surface area contributed by atoms with Crippen molar-refractivity contribution >= 4 is 22.7 Å². The van der Waals surface area contributed by atoms with Gasteiger partial charge in [0, 0.05) is 11.7 Å². The first-order valence-electron chi connectivity index (χ1n) is 6.84. The third-order valence-electron chi connectivity index (χ3n) is 3.95. The van der Waals surface area contributed by atoms with Gasteiger partial charge in [-0.05, 0) is 30.9 Å². The summed E-state index contributed by atoms with van der Waals surface area (Å²) in [6.45, 7) is 4.70. The molecule has 1 aromatic carbocycles. The molecule has 21 heavy (non-hydrogen) atoms. The highest BCUT2D eigenvalue weighted by Crippen LogP contribution is 2.25. The number of aliphatic carboxylic acids is 1. The van der Waals surface area contributed by atoms with Crippen LogP contribution in [0.15, 0.2) is 36.5 Å². The number of carbonyl (C=O) groups is 2. The van der Waals surface area contributed by atoms with Gasteiger partial charge in [-0.15, -0.1) is 0 Å². The Morgan fingerprint density at radius 3 is 2.38 bits per heavy atom. The van der Waals surface area contributed by atoms with Crippen molar-refractivity contribution in [2.45, 2.75) is 33.2 Å². The fraction of sp³-hybridized carbons (Fsp3) is 0.375. The first-order valence-corrected chi connectivity index (χ1v) is 6.84. The molecule has 4 N–H and O–H groups in total. The quantitative estimate of drug-likeness (QED) is 0.806. The Labute approximate surface area is 124 Å². The number of carbonyl (C=O) groups excluding carboxylic acids is 1. The van der Waals surface area contributed by atoms with Gasteiger partial charge >= 0.3 is 5.97 Å². The third kappa shape index (κ3) is 3.92. The summed E-state index contributed by atoms with van der Waals surface area (Å²) in [5.41, 5.74) is 5.65. The van der Waals surface area contributed by atoms with E-state index in [-0.39, 0.29) is 5.78 Å². The molecule has 0 bridgehead atoms. The maximum absolute atomic E-state index is 11.1. The fourth-order valence-corrected chi connectivity index (χ4v) is 1.96. The zero-order valence-corrected chi connectivity index (χ0v) is 12.6. The first-order chi connectivity index (χ1) is 9.82. The summed E-state index contributed by atoms with van der Waals surface area (Å²) in [4.78, 5) is 24.8. The highest BCUT2D eigenvalue weighted by molar-refractivity contribution is 5.89. The largest absolute Gasteiger partial charge is 0.480 e. The van der Waals surface area contributed by atoms with Gasteiger partial charge in [-0.25, -0.2) is 0 Å². The Bertz CT molecular complexity index is 591. The number of nitrogens with one attached hydrogen (secondary N) is 1. The molecular weight excluding hydrogens is 268 g/mol. The number of hydrogen-bond donors (Lipinski definition) is 3. The maximum atomic E-state index is 11.1. The van der Waals surface area contributed by atoms with Crippen molar-refractivity contribution in [2.24, 2.45) is 11.1 Å². The van der Waals surface area contributed by atoms with Crippen LogP contribution in [0.2, 0.25) is 0 Å². The van der Waals surface area contributed by atoms with Gasteiger partial charge in [0.15, 0.2) is 0 Å². The Kier molecular flexibility index (Phi) is 5.67. The minimum absolute atomic E-state index is 0.181. The Morgan fingerprint density at radius 2 is 1.95 bits per heavy atom. The van der Waals surface area contributed by atoms with E-state index in [4.69, 9.17) is 10.8 Å². The SMILES string of the molecule is CC[C@@](C)(C(C)=O)[C@H](N)C(=O)O.c1ccc2[nH]ccc2c1. The van der Waals surface area contributed by atoms with Crippen LogP contribution in [0, 0.1) is 5.41 Å². The lowest BCUT2D eigenvalue weighted by Gasteiger charge is -2.28. The van der Waals surface area contributed by atoms with Gasteiger partial charge in [-0.1, -0.05) is 32.0 Å². The van der Waals surface area contributed by atoms with Gasteiger partial charge < -0.3 is 15.8 Å². The van der Waals surface area contributed by atoms with Crippen LogP contribution in [-0.2, 0) is 9.59 Å². The monoisotopic (exact) mass is 290 g/mol. The van der Waals surface area contributed by atoms with Gasteiger partial charge in [-0.3, -0.25) is 9.59 Å². The molecule has 5 nitrogen and oxygen atoms in total. The predicted octanol–water partition coefficient (Wildman–Crippen LogP) is 2.57. The number of aromatic amines is 1. The molecular formula is C16H22N2O3.